The number of hydrogen-bond acceptors (Lipinski definition) is 8. The average Bonchev–Trinajstić information content (AvgIpc) is 2.90. The minimum atomic E-state index is -4.73. The van der Waals surface area contributed by atoms with Gasteiger partial charge in [0, 0.05) is 58.7 Å². The van der Waals surface area contributed by atoms with Gasteiger partial charge in [-0.25, -0.2) is 13.4 Å². The Hall–Kier alpha value is -3.42. The standard InChI is InChI=1S/C27H26F3N5O3S2/c1-16-3-8-20(23(11-16)40(2,37)38)21-12-18-13-32-26(34-24(18)35(25(21)36)15-27(28,29)30)33-19-6-4-17(5-7-19)22-14-31-9-10-39-22/h3-8,11-13,22,31H,9-10,14-15H2,1-2H3,(H,32,33,34). The van der Waals surface area contributed by atoms with Crippen molar-refractivity contribution in [3.8, 4) is 11.1 Å². The quantitative estimate of drug-likeness (QED) is 0.329. The summed E-state index contributed by atoms with van der Waals surface area (Å²) in [5.74, 6) is 1.04. The number of nitrogens with one attached hydrogen (secondary N) is 2. The van der Waals surface area contributed by atoms with Gasteiger partial charge in [0.2, 0.25) is 5.95 Å². The monoisotopic (exact) mass is 589 g/mol. The zero-order valence-corrected chi connectivity index (χ0v) is 23.3. The largest absolute Gasteiger partial charge is 0.406 e. The van der Waals surface area contributed by atoms with Gasteiger partial charge in [-0.1, -0.05) is 24.3 Å². The number of rotatable bonds is 6. The molecule has 0 saturated carbocycles. The van der Waals surface area contributed by atoms with Gasteiger partial charge in [-0.15, -0.1) is 0 Å². The Morgan fingerprint density at radius 1 is 1.12 bits per heavy atom. The molecule has 1 atom stereocenters. The molecule has 3 heterocycles. The van der Waals surface area contributed by atoms with Crippen LogP contribution in [0.4, 0.5) is 24.8 Å². The summed E-state index contributed by atoms with van der Waals surface area (Å²) in [6.07, 6.45) is -2.44. The number of aromatic nitrogens is 3. The van der Waals surface area contributed by atoms with Crippen molar-refractivity contribution in [3.05, 3.63) is 76.2 Å². The fourth-order valence-electron chi connectivity index (χ4n) is 4.59. The number of fused-ring (bicyclic) bond motifs is 1. The molecule has 5 rings (SSSR count). The Kier molecular flexibility index (Phi) is 7.64. The highest BCUT2D eigenvalue weighted by Crippen LogP contribution is 2.32. The number of alkyl halides is 3. The lowest BCUT2D eigenvalue weighted by atomic mass is 10.0. The molecule has 2 aromatic heterocycles. The van der Waals surface area contributed by atoms with Crippen molar-refractivity contribution >= 4 is 44.3 Å². The minimum Gasteiger partial charge on any atom is -0.324 e. The molecule has 0 amide bonds. The first kappa shape index (κ1) is 28.1. The number of aryl methyl sites for hydroxylation is 1. The Morgan fingerprint density at radius 3 is 2.52 bits per heavy atom. The SMILES string of the molecule is Cc1ccc(-c2cc3cnc(Nc4ccc(C5CNCCS5)cc4)nc3n(CC(F)(F)F)c2=O)c(S(C)(=O)=O)c1. The zero-order chi connectivity index (χ0) is 28.7. The lowest BCUT2D eigenvalue weighted by molar-refractivity contribution is -0.140. The van der Waals surface area contributed by atoms with Crippen LogP contribution in [-0.4, -0.2) is 54.2 Å². The van der Waals surface area contributed by atoms with Crippen LogP contribution in [0.1, 0.15) is 16.4 Å². The van der Waals surface area contributed by atoms with Crippen LogP contribution in [0.5, 0.6) is 0 Å². The van der Waals surface area contributed by atoms with E-state index in [2.05, 4.69) is 20.6 Å². The van der Waals surface area contributed by atoms with Crippen molar-refractivity contribution in [1.29, 1.82) is 0 Å². The predicted molar refractivity (Wildman–Crippen MR) is 151 cm³/mol. The van der Waals surface area contributed by atoms with Gasteiger partial charge < -0.3 is 10.6 Å². The summed E-state index contributed by atoms with van der Waals surface area (Å²) >= 11 is 1.87. The number of thioether (sulfide) groups is 1. The summed E-state index contributed by atoms with van der Waals surface area (Å²) in [5, 5.41) is 6.85. The van der Waals surface area contributed by atoms with Gasteiger partial charge in [0.15, 0.2) is 9.84 Å². The highest BCUT2D eigenvalue weighted by atomic mass is 32.2. The first-order chi connectivity index (χ1) is 18.9. The molecule has 2 aromatic carbocycles. The van der Waals surface area contributed by atoms with E-state index >= 15 is 0 Å². The van der Waals surface area contributed by atoms with E-state index in [-0.39, 0.29) is 33.0 Å². The van der Waals surface area contributed by atoms with Gasteiger partial charge in [-0.2, -0.15) is 29.9 Å². The van der Waals surface area contributed by atoms with E-state index in [4.69, 9.17) is 0 Å². The summed E-state index contributed by atoms with van der Waals surface area (Å²) in [5.41, 5.74) is 1.01. The number of sulfone groups is 1. The van der Waals surface area contributed by atoms with Crippen LogP contribution in [0.25, 0.3) is 22.2 Å². The predicted octanol–water partition coefficient (Wildman–Crippen LogP) is 4.85. The van der Waals surface area contributed by atoms with E-state index < -0.39 is 28.1 Å². The van der Waals surface area contributed by atoms with Crippen molar-refractivity contribution in [1.82, 2.24) is 19.9 Å². The van der Waals surface area contributed by atoms with E-state index in [1.165, 1.54) is 24.4 Å². The smallest absolute Gasteiger partial charge is 0.324 e. The molecule has 0 radical (unpaired) electrons. The van der Waals surface area contributed by atoms with Crippen LogP contribution in [0.15, 0.2) is 64.4 Å². The number of anilines is 2. The van der Waals surface area contributed by atoms with Gasteiger partial charge in [0.1, 0.15) is 12.2 Å². The van der Waals surface area contributed by atoms with E-state index in [0.717, 1.165) is 30.7 Å². The number of nitrogens with zero attached hydrogens (tertiary/aromatic N) is 3. The molecule has 8 nitrogen and oxygen atoms in total. The normalized spacial score (nSPS) is 16.3. The van der Waals surface area contributed by atoms with E-state index in [0.29, 0.717) is 21.1 Å². The lowest BCUT2D eigenvalue weighted by Gasteiger charge is -2.22. The fraction of sp³-hybridized carbons (Fsp3) is 0.296. The fourth-order valence-corrected chi connectivity index (χ4v) is 6.70. The zero-order valence-electron chi connectivity index (χ0n) is 21.6. The topological polar surface area (TPSA) is 106 Å². The van der Waals surface area contributed by atoms with Gasteiger partial charge in [0.25, 0.3) is 5.56 Å². The molecule has 13 heteroatoms. The summed E-state index contributed by atoms with van der Waals surface area (Å²) < 4.78 is 66.3. The second-order valence-corrected chi connectivity index (χ2v) is 12.9. The molecule has 1 fully saturated rings. The molecule has 1 aliphatic rings. The second kappa shape index (κ2) is 10.9. The maximum absolute atomic E-state index is 13.6. The number of hydrogen-bond donors (Lipinski definition) is 2. The molecule has 1 unspecified atom stereocenters. The molecule has 210 valence electrons. The summed E-state index contributed by atoms with van der Waals surface area (Å²) in [4.78, 5) is 21.8. The van der Waals surface area contributed by atoms with E-state index in [1.807, 2.05) is 36.0 Å². The summed E-state index contributed by atoms with van der Waals surface area (Å²) in [7, 11) is -3.79. The highest BCUT2D eigenvalue weighted by molar-refractivity contribution is 7.99. The molecule has 2 N–H and O–H groups in total. The van der Waals surface area contributed by atoms with Crippen LogP contribution in [0.3, 0.4) is 0 Å². The summed E-state index contributed by atoms with van der Waals surface area (Å²) in [6, 6.07) is 13.4. The molecular formula is C27H26F3N5O3S2. The van der Waals surface area contributed by atoms with Crippen molar-refractivity contribution in [3.63, 3.8) is 0 Å². The van der Waals surface area contributed by atoms with Crippen LogP contribution >= 0.6 is 11.8 Å². The average molecular weight is 590 g/mol. The molecule has 4 aromatic rings. The van der Waals surface area contributed by atoms with E-state index in [1.54, 1.807) is 13.0 Å². The van der Waals surface area contributed by atoms with Crippen LogP contribution in [0, 0.1) is 6.92 Å². The van der Waals surface area contributed by atoms with Crippen LogP contribution < -0.4 is 16.2 Å². The van der Waals surface area contributed by atoms with Gasteiger partial charge in [0.05, 0.1) is 4.90 Å². The third-order valence-corrected chi connectivity index (χ3v) is 8.88. The van der Waals surface area contributed by atoms with E-state index in [9.17, 15) is 26.4 Å². The highest BCUT2D eigenvalue weighted by Gasteiger charge is 2.31. The molecule has 1 aliphatic heterocycles. The van der Waals surface area contributed by atoms with Gasteiger partial charge in [-0.05, 0) is 42.3 Å². The number of pyridine rings is 1. The third kappa shape index (κ3) is 6.16. The second-order valence-electron chi connectivity index (χ2n) is 9.62. The third-order valence-electron chi connectivity index (χ3n) is 6.46. The Labute approximate surface area is 233 Å². The number of halogens is 3. The maximum atomic E-state index is 13.6. The number of benzene rings is 2. The molecule has 0 bridgehead atoms. The molecule has 40 heavy (non-hydrogen) atoms. The van der Waals surface area contributed by atoms with Gasteiger partial charge >= 0.3 is 6.18 Å². The van der Waals surface area contributed by atoms with Crippen molar-refractivity contribution < 1.29 is 21.6 Å². The molecular weight excluding hydrogens is 563 g/mol. The van der Waals surface area contributed by atoms with Gasteiger partial charge in [-0.3, -0.25) is 9.36 Å². The molecule has 0 spiro atoms. The van der Waals surface area contributed by atoms with Crippen LogP contribution in [0.2, 0.25) is 0 Å². The Bertz CT molecular complexity index is 1730. The summed E-state index contributed by atoms with van der Waals surface area (Å²) in [6.45, 7) is 1.93. The van der Waals surface area contributed by atoms with Crippen molar-refractivity contribution in [2.75, 3.05) is 30.4 Å². The Morgan fingerprint density at radius 2 is 1.88 bits per heavy atom. The molecule has 1 saturated heterocycles. The first-order valence-electron chi connectivity index (χ1n) is 12.4. The Balaban J connectivity index is 1.57. The minimum absolute atomic E-state index is 0.0178. The lowest BCUT2D eigenvalue weighted by Crippen LogP contribution is -2.30. The van der Waals surface area contributed by atoms with Crippen molar-refractivity contribution in [2.45, 2.75) is 29.8 Å². The maximum Gasteiger partial charge on any atom is 0.406 e. The first-order valence-corrected chi connectivity index (χ1v) is 15.3. The molecule has 0 aliphatic carbocycles. The van der Waals surface area contributed by atoms with Crippen molar-refractivity contribution in [2.24, 2.45) is 0 Å². The van der Waals surface area contributed by atoms with Crippen LogP contribution in [-0.2, 0) is 16.4 Å².